The fourth-order valence-corrected chi connectivity index (χ4v) is 10.3. The maximum atomic E-state index is 13.6. The zero-order valence-electron chi connectivity index (χ0n) is 33.2. The molecule has 9 rings (SSSR count). The lowest BCUT2D eigenvalue weighted by Gasteiger charge is -2.38. The Morgan fingerprint density at radius 1 is 0.746 bits per heavy atom. The van der Waals surface area contributed by atoms with E-state index in [2.05, 4.69) is 80.7 Å². The van der Waals surface area contributed by atoms with Crippen LogP contribution in [0, 0.1) is 5.92 Å². The van der Waals surface area contributed by atoms with E-state index >= 15 is 0 Å². The van der Waals surface area contributed by atoms with Gasteiger partial charge in [-0.05, 0) is 115 Å². The molecular weight excluding hydrogens is 753 g/mol. The van der Waals surface area contributed by atoms with Crippen molar-refractivity contribution in [2.24, 2.45) is 5.92 Å². The van der Waals surface area contributed by atoms with E-state index in [1.165, 1.54) is 38.9 Å². The summed E-state index contributed by atoms with van der Waals surface area (Å²) in [6, 6.07) is 28.5. The number of hydrogen-bond acceptors (Lipinski definition) is 8. The van der Waals surface area contributed by atoms with Gasteiger partial charge in [-0.25, -0.2) is 0 Å². The molecule has 10 nitrogen and oxygen atoms in total. The van der Waals surface area contributed by atoms with Gasteiger partial charge < -0.3 is 24.5 Å². The van der Waals surface area contributed by atoms with E-state index in [0.717, 1.165) is 70.5 Å². The molecule has 2 N–H and O–H groups in total. The summed E-state index contributed by atoms with van der Waals surface area (Å²) in [4.78, 5) is 46.2. The minimum Gasteiger partial charge on any atom is -0.508 e. The smallest absolute Gasteiger partial charge is 0.387 e. The molecule has 59 heavy (non-hydrogen) atoms. The van der Waals surface area contributed by atoms with Crippen LogP contribution in [0.4, 0.5) is 20.2 Å². The molecule has 1 aliphatic carbocycles. The highest BCUT2D eigenvalue weighted by Crippen LogP contribution is 2.47. The largest absolute Gasteiger partial charge is 0.508 e. The van der Waals surface area contributed by atoms with Gasteiger partial charge in [-0.2, -0.15) is 8.78 Å². The molecule has 0 saturated carbocycles. The number of carbonyl (C=O) groups is 3. The minimum atomic E-state index is -3.10. The average molecular weight is 804 g/mol. The number of aromatic hydroxyl groups is 1. The van der Waals surface area contributed by atoms with E-state index in [9.17, 15) is 28.3 Å². The van der Waals surface area contributed by atoms with Crippen molar-refractivity contribution in [1.82, 2.24) is 15.1 Å². The van der Waals surface area contributed by atoms with Crippen LogP contribution in [0.5, 0.6) is 11.5 Å². The number of halogens is 2. The number of benzene rings is 4. The first-order valence-corrected chi connectivity index (χ1v) is 21.1. The number of alkyl halides is 2. The second-order valence-electron chi connectivity index (χ2n) is 16.8. The molecule has 5 aliphatic rings. The number of amides is 3. The Bertz CT molecular complexity index is 2190. The van der Waals surface area contributed by atoms with Gasteiger partial charge in [0, 0.05) is 75.6 Å². The molecule has 4 aromatic rings. The van der Waals surface area contributed by atoms with Gasteiger partial charge in [0.05, 0.1) is 5.56 Å². The number of ether oxygens (including phenoxy) is 1. The lowest BCUT2D eigenvalue weighted by atomic mass is 9.69. The Balaban J connectivity index is 0.781. The van der Waals surface area contributed by atoms with E-state index in [0.29, 0.717) is 36.2 Å². The standard InChI is InChI=1S/C47H51F2N5O5/c48-47(49)59-41-28-36(26-34-29-54(46(58)44(34)41)40-14-15-42(56)50-45(40)57)53-24-22-51(23-25-53)19-16-30-17-20-52(21-18-30)35-9-6-32(7-10-35)43-38(31-4-2-1-3-5-31)12-8-33-27-37(55)11-13-39(33)43/h1-7,9-11,13,26-28,30,38,40,43,47,55H,8,12,14-25,29H2,(H,50,56,57)/t38-,40?,43+/m1/s1. The van der Waals surface area contributed by atoms with Crippen molar-refractivity contribution in [2.75, 3.05) is 55.6 Å². The number of phenolic OH excluding ortho intramolecular Hbond substituents is 1. The number of nitrogens with one attached hydrogen (secondary N) is 1. The molecule has 4 aliphatic heterocycles. The number of imide groups is 1. The third kappa shape index (κ3) is 8.11. The van der Waals surface area contributed by atoms with Crippen LogP contribution >= 0.6 is 0 Å². The maximum absolute atomic E-state index is 13.6. The summed E-state index contributed by atoms with van der Waals surface area (Å²) >= 11 is 0. The Morgan fingerprint density at radius 2 is 1.49 bits per heavy atom. The van der Waals surface area contributed by atoms with Crippen LogP contribution < -0.4 is 19.9 Å². The number of nitrogens with zero attached hydrogens (tertiary/aromatic N) is 4. The van der Waals surface area contributed by atoms with Crippen LogP contribution in [0.2, 0.25) is 0 Å². The van der Waals surface area contributed by atoms with E-state index in [1.54, 1.807) is 0 Å². The summed E-state index contributed by atoms with van der Waals surface area (Å²) in [5.41, 5.74) is 7.82. The van der Waals surface area contributed by atoms with Gasteiger partial charge in [-0.1, -0.05) is 48.5 Å². The third-order valence-corrected chi connectivity index (χ3v) is 13.4. The lowest BCUT2D eigenvalue weighted by molar-refractivity contribution is -0.136. The molecule has 0 aromatic heterocycles. The average Bonchev–Trinajstić information content (AvgIpc) is 3.58. The van der Waals surface area contributed by atoms with Crippen LogP contribution in [0.25, 0.3) is 0 Å². The van der Waals surface area contributed by atoms with Crippen molar-refractivity contribution in [3.8, 4) is 11.5 Å². The summed E-state index contributed by atoms with van der Waals surface area (Å²) in [5.74, 6) is -0.0451. The highest BCUT2D eigenvalue weighted by atomic mass is 19.3. The molecule has 1 unspecified atom stereocenters. The van der Waals surface area contributed by atoms with E-state index in [4.69, 9.17) is 4.74 Å². The predicted molar refractivity (Wildman–Crippen MR) is 221 cm³/mol. The SMILES string of the molecule is O=C1CCC(N2Cc3cc(N4CCN(CCC5CCN(c6ccc([C@@H]7c8ccc(O)cc8CC[C@@H]7c7ccccc7)cc6)CC5)CC4)cc(OC(F)F)c3C2=O)C(=O)N1. The molecule has 12 heteroatoms. The molecule has 308 valence electrons. The zero-order chi connectivity index (χ0) is 40.6. The van der Waals surface area contributed by atoms with Crippen molar-refractivity contribution < 1.29 is 33.0 Å². The summed E-state index contributed by atoms with van der Waals surface area (Å²) in [6.07, 6.45) is 5.73. The highest BCUT2D eigenvalue weighted by Gasteiger charge is 2.41. The number of aryl methyl sites for hydroxylation is 1. The number of carbonyl (C=O) groups excluding carboxylic acids is 3. The molecule has 3 saturated heterocycles. The molecular formula is C47H51F2N5O5. The Labute approximate surface area is 343 Å². The van der Waals surface area contributed by atoms with Gasteiger partial charge >= 0.3 is 6.61 Å². The van der Waals surface area contributed by atoms with Gasteiger partial charge in [0.25, 0.3) is 5.91 Å². The minimum absolute atomic E-state index is 0.0607. The number of rotatable bonds is 10. The van der Waals surface area contributed by atoms with E-state index in [1.807, 2.05) is 18.2 Å². The summed E-state index contributed by atoms with van der Waals surface area (Å²) < 4.78 is 32.0. The summed E-state index contributed by atoms with van der Waals surface area (Å²) in [6.45, 7) is 3.17. The van der Waals surface area contributed by atoms with Crippen molar-refractivity contribution >= 4 is 29.1 Å². The number of fused-ring (bicyclic) bond motifs is 2. The Hall–Kier alpha value is -5.49. The lowest BCUT2D eigenvalue weighted by Crippen LogP contribution is -2.52. The summed E-state index contributed by atoms with van der Waals surface area (Å²) in [7, 11) is 0. The van der Waals surface area contributed by atoms with Crippen molar-refractivity contribution in [3.63, 3.8) is 0 Å². The Morgan fingerprint density at radius 3 is 2.22 bits per heavy atom. The van der Waals surface area contributed by atoms with E-state index in [-0.39, 0.29) is 42.5 Å². The molecule has 0 radical (unpaired) electrons. The van der Waals surface area contributed by atoms with Gasteiger partial charge in [0.2, 0.25) is 11.8 Å². The molecule has 3 amide bonds. The van der Waals surface area contributed by atoms with Gasteiger partial charge in [-0.15, -0.1) is 0 Å². The molecule has 4 aromatic carbocycles. The van der Waals surface area contributed by atoms with Gasteiger partial charge in [0.1, 0.15) is 17.5 Å². The quantitative estimate of drug-likeness (QED) is 0.165. The Kier molecular flexibility index (Phi) is 11.0. The fourth-order valence-electron chi connectivity index (χ4n) is 10.3. The number of anilines is 2. The summed E-state index contributed by atoms with van der Waals surface area (Å²) in [5, 5.41) is 12.5. The van der Waals surface area contributed by atoms with Gasteiger partial charge in [0.15, 0.2) is 0 Å². The van der Waals surface area contributed by atoms with Crippen LogP contribution in [0.15, 0.2) is 84.9 Å². The first kappa shape index (κ1) is 39.0. The second-order valence-corrected chi connectivity index (χ2v) is 16.8. The van der Waals surface area contributed by atoms with Crippen molar-refractivity contribution in [1.29, 1.82) is 0 Å². The van der Waals surface area contributed by atoms with Crippen LogP contribution in [-0.2, 0) is 22.6 Å². The number of hydrogen-bond donors (Lipinski definition) is 2. The zero-order valence-corrected chi connectivity index (χ0v) is 33.2. The third-order valence-electron chi connectivity index (χ3n) is 13.4. The second kappa shape index (κ2) is 16.6. The highest BCUT2D eigenvalue weighted by molar-refractivity contribution is 6.06. The number of piperazine rings is 1. The van der Waals surface area contributed by atoms with Crippen molar-refractivity contribution in [2.45, 2.75) is 76.0 Å². The first-order chi connectivity index (χ1) is 28.7. The molecule has 3 atom stereocenters. The normalized spacial score (nSPS) is 22.7. The fraction of sp³-hybridized carbons (Fsp3) is 0.426. The topological polar surface area (TPSA) is 106 Å². The monoisotopic (exact) mass is 803 g/mol. The van der Waals surface area contributed by atoms with Crippen LogP contribution in [0.1, 0.15) is 88.5 Å². The number of phenols is 1. The van der Waals surface area contributed by atoms with Crippen LogP contribution in [-0.4, -0.2) is 91.1 Å². The van der Waals surface area contributed by atoms with Crippen molar-refractivity contribution in [3.05, 3.63) is 118 Å². The first-order valence-electron chi connectivity index (χ1n) is 21.1. The van der Waals surface area contributed by atoms with E-state index < -0.39 is 24.5 Å². The van der Waals surface area contributed by atoms with Gasteiger partial charge in [-0.3, -0.25) is 24.6 Å². The van der Waals surface area contributed by atoms with Crippen LogP contribution in [0.3, 0.4) is 0 Å². The molecule has 4 heterocycles. The predicted octanol–water partition coefficient (Wildman–Crippen LogP) is 7.05. The molecule has 0 bridgehead atoms. The number of piperidine rings is 2. The molecule has 3 fully saturated rings. The maximum Gasteiger partial charge on any atom is 0.387 e. The molecule has 0 spiro atoms.